The molecule has 0 atom stereocenters. The lowest BCUT2D eigenvalue weighted by Crippen LogP contribution is -1.97. The van der Waals surface area contributed by atoms with E-state index in [-0.39, 0.29) is 12.3 Å². The lowest BCUT2D eigenvalue weighted by atomic mass is 10.1. The quantitative estimate of drug-likeness (QED) is 0.130. The molecule has 0 saturated carbocycles. The molecule has 0 aliphatic carbocycles. The van der Waals surface area contributed by atoms with Crippen molar-refractivity contribution in [3.05, 3.63) is 0 Å². The molecule has 0 fully saturated rings. The third kappa shape index (κ3) is 34.7. The summed E-state index contributed by atoms with van der Waals surface area (Å²) in [6.45, 7) is 6.58. The van der Waals surface area contributed by atoms with Gasteiger partial charge in [-0.2, -0.15) is 0 Å². The molecule has 6 N–H and O–H groups in total. The average Bonchev–Trinajstić information content (AvgIpc) is 2.74. The minimum Gasteiger partial charge on any atom is -0.381 e. The minimum absolute atomic E-state index is 0. The highest BCUT2D eigenvalue weighted by molar-refractivity contribution is 4.50. The van der Waals surface area contributed by atoms with Crippen LogP contribution in [0.3, 0.4) is 0 Å². The van der Waals surface area contributed by atoms with Crippen molar-refractivity contribution in [2.24, 2.45) is 0 Å². The summed E-state index contributed by atoms with van der Waals surface area (Å²) >= 11 is 0. The van der Waals surface area contributed by atoms with Crippen molar-refractivity contribution < 1.29 is 4.74 Å². The fourth-order valence-electron chi connectivity index (χ4n) is 4.19. The van der Waals surface area contributed by atoms with E-state index < -0.39 is 0 Å². The molecule has 0 aliphatic heterocycles. The van der Waals surface area contributed by atoms with Gasteiger partial charge >= 0.3 is 0 Å². The van der Waals surface area contributed by atoms with Crippen molar-refractivity contribution in [2.45, 2.75) is 168 Å². The van der Waals surface area contributed by atoms with Gasteiger partial charge in [-0.05, 0) is 12.8 Å². The van der Waals surface area contributed by atoms with Crippen LogP contribution in [-0.2, 0) is 4.74 Å². The molecule has 0 aliphatic rings. The van der Waals surface area contributed by atoms with E-state index >= 15 is 0 Å². The number of hydrogen-bond donors (Lipinski definition) is 2. The Labute approximate surface area is 198 Å². The molecule has 0 spiro atoms. The Hall–Kier alpha value is -0.120. The predicted octanol–water partition coefficient (Wildman–Crippen LogP) is 10.7. The lowest BCUT2D eigenvalue weighted by Gasteiger charge is -2.05. The summed E-state index contributed by atoms with van der Waals surface area (Å²) in [5, 5.41) is 0. The van der Waals surface area contributed by atoms with Gasteiger partial charge in [-0.25, -0.2) is 0 Å². The standard InChI is InChI=1S/C28H58O.2H3N/c1-3-5-7-9-11-13-15-17-19-21-23-25-27-29-28-26-24-22-20-18-16-14-12-10-8-6-4-2;;/h3-28H2,1-2H3;2*1H3. The zero-order valence-electron chi connectivity index (χ0n) is 22.2. The molecular weight excluding hydrogens is 380 g/mol. The Kier molecular flexibility index (Phi) is 39.5. The van der Waals surface area contributed by atoms with Gasteiger partial charge in [-0.1, -0.05) is 155 Å². The van der Waals surface area contributed by atoms with Crippen molar-refractivity contribution in [2.75, 3.05) is 13.2 Å². The fraction of sp³-hybridized carbons (Fsp3) is 1.00. The van der Waals surface area contributed by atoms with Crippen LogP contribution in [0.1, 0.15) is 168 Å². The second-order valence-electron chi connectivity index (χ2n) is 9.39. The third-order valence-electron chi connectivity index (χ3n) is 6.28. The fourth-order valence-corrected chi connectivity index (χ4v) is 4.19. The monoisotopic (exact) mass is 445 g/mol. The highest BCUT2D eigenvalue weighted by Crippen LogP contribution is 2.13. The summed E-state index contributed by atoms with van der Waals surface area (Å²) in [5.74, 6) is 0. The highest BCUT2D eigenvalue weighted by Gasteiger charge is 1.96. The van der Waals surface area contributed by atoms with Gasteiger partial charge in [0, 0.05) is 13.2 Å². The molecule has 0 aromatic rings. The van der Waals surface area contributed by atoms with Crippen molar-refractivity contribution in [1.29, 1.82) is 0 Å². The van der Waals surface area contributed by atoms with Gasteiger partial charge < -0.3 is 17.0 Å². The van der Waals surface area contributed by atoms with E-state index in [1.165, 1.54) is 154 Å². The summed E-state index contributed by atoms with van der Waals surface area (Å²) in [6.07, 6.45) is 34.1. The Balaban J connectivity index is -0.00000392. The summed E-state index contributed by atoms with van der Waals surface area (Å²) in [7, 11) is 0. The molecule has 3 nitrogen and oxygen atoms in total. The molecule has 0 radical (unpaired) electrons. The van der Waals surface area contributed by atoms with Gasteiger partial charge in [0.25, 0.3) is 0 Å². The first-order chi connectivity index (χ1) is 14.4. The van der Waals surface area contributed by atoms with Gasteiger partial charge in [0.15, 0.2) is 0 Å². The molecule has 192 valence electrons. The molecular formula is C28H64N2O. The Morgan fingerprint density at radius 3 is 0.710 bits per heavy atom. The topological polar surface area (TPSA) is 79.2 Å². The SMILES string of the molecule is CCCCCCCCCCCCCCOCCCCCCCCCCCCCC.N.N. The van der Waals surface area contributed by atoms with Crippen LogP contribution in [0.5, 0.6) is 0 Å². The molecule has 0 aromatic heterocycles. The molecule has 3 heteroatoms. The van der Waals surface area contributed by atoms with Gasteiger partial charge in [-0.3, -0.25) is 0 Å². The first-order valence-corrected chi connectivity index (χ1v) is 14.0. The highest BCUT2D eigenvalue weighted by atomic mass is 16.5. The van der Waals surface area contributed by atoms with Crippen LogP contribution in [0.2, 0.25) is 0 Å². The normalized spacial score (nSPS) is 10.6. The number of hydrogen-bond acceptors (Lipinski definition) is 3. The van der Waals surface area contributed by atoms with E-state index in [9.17, 15) is 0 Å². The van der Waals surface area contributed by atoms with Crippen LogP contribution in [0.4, 0.5) is 0 Å². The molecule has 0 aromatic carbocycles. The van der Waals surface area contributed by atoms with Crippen molar-refractivity contribution in [3.63, 3.8) is 0 Å². The second-order valence-corrected chi connectivity index (χ2v) is 9.39. The van der Waals surface area contributed by atoms with E-state index in [2.05, 4.69) is 13.8 Å². The van der Waals surface area contributed by atoms with Gasteiger partial charge in [0.1, 0.15) is 0 Å². The maximum absolute atomic E-state index is 5.82. The van der Waals surface area contributed by atoms with Gasteiger partial charge in [0.05, 0.1) is 0 Å². The van der Waals surface area contributed by atoms with Crippen molar-refractivity contribution >= 4 is 0 Å². The molecule has 0 unspecified atom stereocenters. The predicted molar refractivity (Wildman–Crippen MR) is 143 cm³/mol. The average molecular weight is 445 g/mol. The second kappa shape index (κ2) is 34.5. The molecule has 0 saturated heterocycles. The molecule has 31 heavy (non-hydrogen) atoms. The minimum atomic E-state index is 0. The molecule has 0 heterocycles. The van der Waals surface area contributed by atoms with E-state index in [4.69, 9.17) is 4.74 Å². The Bertz CT molecular complexity index is 248. The summed E-state index contributed by atoms with van der Waals surface area (Å²) < 4.78 is 5.82. The van der Waals surface area contributed by atoms with E-state index in [0.29, 0.717) is 0 Å². The van der Waals surface area contributed by atoms with Crippen molar-refractivity contribution in [3.8, 4) is 0 Å². The smallest absolute Gasteiger partial charge is 0.0466 e. The van der Waals surface area contributed by atoms with E-state index in [1.807, 2.05) is 0 Å². The molecule has 0 amide bonds. The third-order valence-corrected chi connectivity index (χ3v) is 6.28. The first-order valence-electron chi connectivity index (χ1n) is 14.0. The van der Waals surface area contributed by atoms with Crippen molar-refractivity contribution in [1.82, 2.24) is 12.3 Å². The zero-order valence-corrected chi connectivity index (χ0v) is 22.2. The van der Waals surface area contributed by atoms with Crippen LogP contribution < -0.4 is 12.3 Å². The van der Waals surface area contributed by atoms with Crippen LogP contribution in [0.25, 0.3) is 0 Å². The van der Waals surface area contributed by atoms with E-state index in [0.717, 1.165) is 13.2 Å². The largest absolute Gasteiger partial charge is 0.381 e. The van der Waals surface area contributed by atoms with Gasteiger partial charge in [0.2, 0.25) is 0 Å². The molecule has 0 rings (SSSR count). The lowest BCUT2D eigenvalue weighted by molar-refractivity contribution is 0.125. The summed E-state index contributed by atoms with van der Waals surface area (Å²) in [5.41, 5.74) is 0. The Morgan fingerprint density at radius 1 is 0.290 bits per heavy atom. The van der Waals surface area contributed by atoms with Crippen LogP contribution >= 0.6 is 0 Å². The number of unbranched alkanes of at least 4 members (excludes halogenated alkanes) is 22. The molecule has 0 bridgehead atoms. The van der Waals surface area contributed by atoms with Crippen LogP contribution in [0, 0.1) is 0 Å². The van der Waals surface area contributed by atoms with Gasteiger partial charge in [-0.15, -0.1) is 0 Å². The zero-order chi connectivity index (χ0) is 21.1. The number of ether oxygens (including phenoxy) is 1. The maximum atomic E-state index is 5.82. The summed E-state index contributed by atoms with van der Waals surface area (Å²) in [6, 6.07) is 0. The maximum Gasteiger partial charge on any atom is 0.0466 e. The van der Waals surface area contributed by atoms with Crippen LogP contribution in [-0.4, -0.2) is 13.2 Å². The van der Waals surface area contributed by atoms with Crippen LogP contribution in [0.15, 0.2) is 0 Å². The Morgan fingerprint density at radius 2 is 0.484 bits per heavy atom. The van der Waals surface area contributed by atoms with E-state index in [1.54, 1.807) is 0 Å². The number of rotatable bonds is 26. The first kappa shape index (κ1) is 35.5. The summed E-state index contributed by atoms with van der Waals surface area (Å²) in [4.78, 5) is 0.